The molecule has 0 saturated carbocycles. The van der Waals surface area contributed by atoms with Gasteiger partial charge in [-0.05, 0) is 43.7 Å². The zero-order valence-electron chi connectivity index (χ0n) is 15.1. The Kier molecular flexibility index (Phi) is 6.19. The van der Waals surface area contributed by atoms with Crippen LogP contribution in [0, 0.1) is 6.92 Å². The number of hydrogen-bond acceptors (Lipinski definition) is 4. The summed E-state index contributed by atoms with van der Waals surface area (Å²) in [6.07, 6.45) is 0.150. The molecule has 1 atom stereocenters. The Hall–Kier alpha value is -2.31. The first-order valence-corrected chi connectivity index (χ1v) is 9.91. The number of anilines is 2. The predicted octanol–water partition coefficient (Wildman–Crippen LogP) is 4.50. The second-order valence-electron chi connectivity index (χ2n) is 6.08. The molecule has 2 amide bonds. The average molecular weight is 402 g/mol. The van der Waals surface area contributed by atoms with Gasteiger partial charge in [-0.2, -0.15) is 0 Å². The standard InChI is InChI=1S/C20H20ClN3O2S/c1-3-22-20(23-14-10-9-13(2)16(21)11-14)27-17-12-18(25)24(19(17)26)15-7-5-4-6-8-15/h4-11,17H,3,12H2,1-2H3,(H,22,23)/t17-/m1/s1. The lowest BCUT2D eigenvalue weighted by atomic mass is 10.2. The van der Waals surface area contributed by atoms with Crippen molar-refractivity contribution >= 4 is 51.7 Å². The Morgan fingerprint density at radius 1 is 1.26 bits per heavy atom. The summed E-state index contributed by atoms with van der Waals surface area (Å²) in [6.45, 7) is 4.41. The van der Waals surface area contributed by atoms with Crippen LogP contribution < -0.4 is 10.2 Å². The van der Waals surface area contributed by atoms with Gasteiger partial charge >= 0.3 is 0 Å². The Morgan fingerprint density at radius 2 is 2.00 bits per heavy atom. The number of hydrogen-bond donors (Lipinski definition) is 1. The summed E-state index contributed by atoms with van der Waals surface area (Å²) in [5.74, 6) is -0.415. The van der Waals surface area contributed by atoms with Crippen molar-refractivity contribution in [3.8, 4) is 0 Å². The average Bonchev–Trinajstić information content (AvgIpc) is 2.92. The first kappa shape index (κ1) is 19.5. The van der Waals surface area contributed by atoms with Crippen LogP contribution in [0.25, 0.3) is 0 Å². The first-order chi connectivity index (χ1) is 13.0. The van der Waals surface area contributed by atoms with Crippen LogP contribution in [-0.2, 0) is 9.59 Å². The molecule has 2 aromatic carbocycles. The third-order valence-electron chi connectivity index (χ3n) is 4.10. The van der Waals surface area contributed by atoms with E-state index in [0.29, 0.717) is 22.4 Å². The predicted molar refractivity (Wildman–Crippen MR) is 113 cm³/mol. The number of carbonyl (C=O) groups is 2. The fraction of sp³-hybridized carbons (Fsp3) is 0.250. The summed E-state index contributed by atoms with van der Waals surface area (Å²) in [5.41, 5.74) is 2.38. The minimum absolute atomic E-state index is 0.150. The van der Waals surface area contributed by atoms with Crippen LogP contribution in [0.15, 0.2) is 53.5 Å². The highest BCUT2D eigenvalue weighted by atomic mass is 35.5. The van der Waals surface area contributed by atoms with E-state index in [2.05, 4.69) is 10.3 Å². The summed E-state index contributed by atoms with van der Waals surface area (Å²) in [4.78, 5) is 30.9. The molecule has 0 bridgehead atoms. The maximum atomic E-state index is 12.8. The molecule has 3 rings (SSSR count). The third-order valence-corrected chi connectivity index (χ3v) is 5.61. The molecule has 7 heteroatoms. The fourth-order valence-electron chi connectivity index (χ4n) is 2.72. The van der Waals surface area contributed by atoms with Crippen molar-refractivity contribution in [2.24, 2.45) is 4.99 Å². The number of imide groups is 1. The Balaban J connectivity index is 1.75. The number of benzene rings is 2. The molecule has 0 radical (unpaired) electrons. The lowest BCUT2D eigenvalue weighted by Gasteiger charge is -2.16. The van der Waals surface area contributed by atoms with Crippen LogP contribution in [-0.4, -0.2) is 28.8 Å². The molecule has 1 aliphatic heterocycles. The number of amides is 2. The third kappa shape index (κ3) is 4.51. The Labute approximate surface area is 167 Å². The van der Waals surface area contributed by atoms with Crippen molar-refractivity contribution in [2.45, 2.75) is 25.5 Å². The summed E-state index contributed by atoms with van der Waals surface area (Å²) < 4.78 is 0. The summed E-state index contributed by atoms with van der Waals surface area (Å²) >= 11 is 7.46. The highest BCUT2D eigenvalue weighted by molar-refractivity contribution is 8.15. The molecule has 27 heavy (non-hydrogen) atoms. The van der Waals surface area contributed by atoms with E-state index < -0.39 is 5.25 Å². The summed E-state index contributed by atoms with van der Waals surface area (Å²) in [5, 5.41) is 3.96. The zero-order chi connectivity index (χ0) is 19.4. The fourth-order valence-corrected chi connectivity index (χ4v) is 3.99. The number of carbonyl (C=O) groups excluding carboxylic acids is 2. The molecule has 1 N–H and O–H groups in total. The zero-order valence-corrected chi connectivity index (χ0v) is 16.7. The molecule has 1 heterocycles. The van der Waals surface area contributed by atoms with E-state index in [1.54, 1.807) is 12.1 Å². The number of amidine groups is 1. The minimum Gasteiger partial charge on any atom is -0.335 e. The van der Waals surface area contributed by atoms with Gasteiger partial charge in [0, 0.05) is 23.7 Å². The lowest BCUT2D eigenvalue weighted by molar-refractivity contribution is -0.121. The van der Waals surface area contributed by atoms with Crippen molar-refractivity contribution in [3.63, 3.8) is 0 Å². The van der Waals surface area contributed by atoms with Gasteiger partial charge in [-0.25, -0.2) is 4.90 Å². The second-order valence-corrected chi connectivity index (χ2v) is 7.68. The largest absolute Gasteiger partial charge is 0.335 e. The van der Waals surface area contributed by atoms with Crippen molar-refractivity contribution in [1.29, 1.82) is 0 Å². The van der Waals surface area contributed by atoms with Gasteiger partial charge in [0.25, 0.3) is 0 Å². The Morgan fingerprint density at radius 3 is 2.67 bits per heavy atom. The van der Waals surface area contributed by atoms with E-state index in [9.17, 15) is 9.59 Å². The van der Waals surface area contributed by atoms with Gasteiger partial charge in [0.1, 0.15) is 5.25 Å². The van der Waals surface area contributed by atoms with E-state index in [1.807, 2.05) is 50.2 Å². The molecule has 1 saturated heterocycles. The number of halogens is 1. The van der Waals surface area contributed by atoms with Crippen LogP contribution in [0.4, 0.5) is 11.4 Å². The van der Waals surface area contributed by atoms with Crippen molar-refractivity contribution in [3.05, 3.63) is 59.1 Å². The lowest BCUT2D eigenvalue weighted by Crippen LogP contribution is -2.31. The van der Waals surface area contributed by atoms with Crippen LogP contribution >= 0.6 is 23.4 Å². The first-order valence-electron chi connectivity index (χ1n) is 8.65. The molecule has 0 aromatic heterocycles. The number of nitrogens with one attached hydrogen (secondary N) is 1. The minimum atomic E-state index is -0.503. The molecule has 140 valence electrons. The monoisotopic (exact) mass is 401 g/mol. The smallest absolute Gasteiger partial charge is 0.247 e. The molecule has 1 fully saturated rings. The number of para-hydroxylation sites is 1. The summed E-state index contributed by atoms with van der Waals surface area (Å²) in [6, 6.07) is 14.6. The number of thioether (sulfide) groups is 1. The highest BCUT2D eigenvalue weighted by Gasteiger charge is 2.40. The van der Waals surface area contributed by atoms with Gasteiger partial charge in [-0.1, -0.05) is 47.6 Å². The van der Waals surface area contributed by atoms with E-state index in [4.69, 9.17) is 11.6 Å². The van der Waals surface area contributed by atoms with Gasteiger partial charge in [0.15, 0.2) is 5.17 Å². The maximum absolute atomic E-state index is 12.8. The number of rotatable bonds is 4. The van der Waals surface area contributed by atoms with Gasteiger partial charge in [-0.15, -0.1) is 0 Å². The van der Waals surface area contributed by atoms with E-state index in [0.717, 1.165) is 11.3 Å². The van der Waals surface area contributed by atoms with Gasteiger partial charge < -0.3 is 5.32 Å². The van der Waals surface area contributed by atoms with Gasteiger partial charge in [-0.3, -0.25) is 14.6 Å². The maximum Gasteiger partial charge on any atom is 0.247 e. The molecule has 0 unspecified atom stereocenters. The Bertz CT molecular complexity index is 886. The van der Waals surface area contributed by atoms with Crippen LogP contribution in [0.1, 0.15) is 18.9 Å². The second kappa shape index (κ2) is 8.59. The molecule has 0 spiro atoms. The van der Waals surface area contributed by atoms with E-state index >= 15 is 0 Å². The molecular formula is C20H20ClN3O2S. The normalized spacial score (nSPS) is 17.5. The van der Waals surface area contributed by atoms with Crippen molar-refractivity contribution in [1.82, 2.24) is 0 Å². The van der Waals surface area contributed by atoms with Crippen molar-refractivity contribution < 1.29 is 9.59 Å². The van der Waals surface area contributed by atoms with E-state index in [1.165, 1.54) is 16.7 Å². The van der Waals surface area contributed by atoms with Crippen LogP contribution in [0.5, 0.6) is 0 Å². The number of aryl methyl sites for hydroxylation is 1. The number of nitrogens with zero attached hydrogens (tertiary/aromatic N) is 2. The highest BCUT2D eigenvalue weighted by Crippen LogP contribution is 2.31. The molecular weight excluding hydrogens is 382 g/mol. The van der Waals surface area contributed by atoms with E-state index in [-0.39, 0.29) is 18.2 Å². The van der Waals surface area contributed by atoms with Gasteiger partial charge in [0.05, 0.1) is 5.69 Å². The van der Waals surface area contributed by atoms with Gasteiger partial charge in [0.2, 0.25) is 11.8 Å². The number of aliphatic imine (C=N–C) groups is 1. The van der Waals surface area contributed by atoms with Crippen molar-refractivity contribution in [2.75, 3.05) is 16.8 Å². The quantitative estimate of drug-likeness (QED) is 0.465. The molecule has 1 aliphatic rings. The molecule has 2 aromatic rings. The SMILES string of the molecule is CCN=C(Nc1ccc(C)c(Cl)c1)S[C@@H]1CC(=O)N(c2ccccc2)C1=O. The topological polar surface area (TPSA) is 61.8 Å². The molecule has 0 aliphatic carbocycles. The van der Waals surface area contributed by atoms with Crippen LogP contribution in [0.2, 0.25) is 5.02 Å². The van der Waals surface area contributed by atoms with Crippen LogP contribution in [0.3, 0.4) is 0 Å². The molecule has 5 nitrogen and oxygen atoms in total. The summed E-state index contributed by atoms with van der Waals surface area (Å²) in [7, 11) is 0.